The predicted octanol–water partition coefficient (Wildman–Crippen LogP) is 4.76. The van der Waals surface area contributed by atoms with Gasteiger partial charge in [-0.3, -0.25) is 10.0 Å². The molecule has 0 aliphatic heterocycles. The van der Waals surface area contributed by atoms with Crippen LogP contribution in [-0.4, -0.2) is 16.2 Å². The van der Waals surface area contributed by atoms with E-state index in [4.69, 9.17) is 9.94 Å². The zero-order valence-electron chi connectivity index (χ0n) is 15.2. The van der Waals surface area contributed by atoms with E-state index in [0.717, 1.165) is 21.2 Å². The van der Waals surface area contributed by atoms with Gasteiger partial charge in [0.1, 0.15) is 11.5 Å². The van der Waals surface area contributed by atoms with Crippen LogP contribution in [0.15, 0.2) is 58.6 Å². The van der Waals surface area contributed by atoms with Crippen molar-refractivity contribution in [2.45, 2.75) is 26.9 Å². The van der Waals surface area contributed by atoms with Crippen LogP contribution in [0, 0.1) is 0 Å². The van der Waals surface area contributed by atoms with Gasteiger partial charge in [0.25, 0.3) is 5.91 Å². The third-order valence-corrected chi connectivity index (χ3v) is 4.36. The lowest BCUT2D eigenvalue weighted by atomic mass is 9.98. The number of amides is 1. The summed E-state index contributed by atoms with van der Waals surface area (Å²) in [5, 5.41) is 18.5. The molecule has 2 aromatic carbocycles. The predicted molar refractivity (Wildman–Crippen MR) is 109 cm³/mol. The molecule has 1 amide bonds. The van der Waals surface area contributed by atoms with E-state index in [9.17, 15) is 9.90 Å². The van der Waals surface area contributed by atoms with Crippen LogP contribution in [0.1, 0.15) is 30.5 Å². The van der Waals surface area contributed by atoms with Gasteiger partial charge < -0.3 is 9.84 Å². The van der Waals surface area contributed by atoms with E-state index < -0.39 is 5.91 Å². The zero-order valence-corrected chi connectivity index (χ0v) is 16.8. The first kappa shape index (κ1) is 20.9. The fourth-order valence-corrected chi connectivity index (χ4v) is 2.70. The van der Waals surface area contributed by atoms with Crippen LogP contribution in [0.25, 0.3) is 6.08 Å². The zero-order chi connectivity index (χ0) is 19.8. The Balaban J connectivity index is 2.56. The Labute approximate surface area is 167 Å². The summed E-state index contributed by atoms with van der Waals surface area (Å²) in [6.07, 6.45) is 5.41. The molecule has 0 spiro atoms. The van der Waals surface area contributed by atoms with Gasteiger partial charge in [-0.05, 0) is 56.2 Å². The van der Waals surface area contributed by atoms with Gasteiger partial charge in [0.05, 0.1) is 6.61 Å². The van der Waals surface area contributed by atoms with Crippen molar-refractivity contribution in [3.8, 4) is 11.5 Å². The number of halogens is 1. The van der Waals surface area contributed by atoms with Crippen molar-refractivity contribution in [1.29, 1.82) is 0 Å². The van der Waals surface area contributed by atoms with Crippen LogP contribution >= 0.6 is 15.9 Å². The highest BCUT2D eigenvalue weighted by Crippen LogP contribution is 2.34. The highest BCUT2D eigenvalue weighted by atomic mass is 79.9. The van der Waals surface area contributed by atoms with E-state index >= 15 is 0 Å². The molecular formula is C21H22BrNO4. The summed E-state index contributed by atoms with van der Waals surface area (Å²) in [6, 6.07) is 11.0. The molecule has 0 bridgehead atoms. The first-order chi connectivity index (χ1) is 12.9. The number of aliphatic hydroxyl groups is 1. The normalized spacial score (nSPS) is 10.7. The summed E-state index contributed by atoms with van der Waals surface area (Å²) >= 11 is 3.40. The molecule has 0 saturated carbocycles. The standard InChI is InChI=1S/C21H22BrNO4/c1-14(2)3-11-19-16(13-24)5-4-15(6-12-20(25)23-26)21(19)27-18-9-7-17(22)8-10-18/h3-10,12,24,26H,11,13H2,1-2H3,(H,23,25)/b12-6+. The summed E-state index contributed by atoms with van der Waals surface area (Å²) in [7, 11) is 0. The van der Waals surface area contributed by atoms with Crippen LogP contribution < -0.4 is 10.2 Å². The topological polar surface area (TPSA) is 78.8 Å². The summed E-state index contributed by atoms with van der Waals surface area (Å²) in [5.74, 6) is 0.554. The number of carbonyl (C=O) groups is 1. The monoisotopic (exact) mass is 431 g/mol. The summed E-state index contributed by atoms with van der Waals surface area (Å²) < 4.78 is 7.06. The van der Waals surface area contributed by atoms with Crippen LogP contribution in [0.3, 0.4) is 0 Å². The van der Waals surface area contributed by atoms with Gasteiger partial charge in [-0.2, -0.15) is 0 Å². The van der Waals surface area contributed by atoms with Gasteiger partial charge in [0, 0.05) is 21.7 Å². The second-order valence-corrected chi connectivity index (χ2v) is 7.05. The van der Waals surface area contributed by atoms with Gasteiger partial charge in [-0.15, -0.1) is 0 Å². The minimum Gasteiger partial charge on any atom is -0.456 e. The fourth-order valence-electron chi connectivity index (χ4n) is 2.44. The lowest BCUT2D eigenvalue weighted by Crippen LogP contribution is -2.14. The molecule has 0 atom stereocenters. The minimum atomic E-state index is -0.637. The van der Waals surface area contributed by atoms with E-state index in [1.807, 2.05) is 38.1 Å². The van der Waals surface area contributed by atoms with Gasteiger partial charge >= 0.3 is 0 Å². The highest BCUT2D eigenvalue weighted by molar-refractivity contribution is 9.10. The number of hydrogen-bond acceptors (Lipinski definition) is 4. The highest BCUT2D eigenvalue weighted by Gasteiger charge is 2.14. The largest absolute Gasteiger partial charge is 0.456 e. The lowest BCUT2D eigenvalue weighted by Gasteiger charge is -2.17. The third-order valence-electron chi connectivity index (χ3n) is 3.83. The summed E-state index contributed by atoms with van der Waals surface area (Å²) in [4.78, 5) is 11.4. The lowest BCUT2D eigenvalue weighted by molar-refractivity contribution is -0.124. The van der Waals surface area contributed by atoms with E-state index in [-0.39, 0.29) is 6.61 Å². The Morgan fingerprint density at radius 3 is 2.48 bits per heavy atom. The number of rotatable bonds is 7. The van der Waals surface area contributed by atoms with E-state index in [0.29, 0.717) is 23.5 Å². The Morgan fingerprint density at radius 1 is 1.19 bits per heavy atom. The fraction of sp³-hybridized carbons (Fsp3) is 0.190. The van der Waals surface area contributed by atoms with Crippen molar-refractivity contribution in [2.75, 3.05) is 0 Å². The van der Waals surface area contributed by atoms with E-state index in [2.05, 4.69) is 22.0 Å². The summed E-state index contributed by atoms with van der Waals surface area (Å²) in [6.45, 7) is 3.89. The molecule has 0 fully saturated rings. The van der Waals surface area contributed by atoms with Crippen molar-refractivity contribution in [3.63, 3.8) is 0 Å². The van der Waals surface area contributed by atoms with Gasteiger partial charge in [0.15, 0.2) is 0 Å². The number of ether oxygens (including phenoxy) is 1. The first-order valence-corrected chi connectivity index (χ1v) is 9.18. The van der Waals surface area contributed by atoms with Crippen LogP contribution in [0.5, 0.6) is 11.5 Å². The number of hydrogen-bond donors (Lipinski definition) is 3. The first-order valence-electron chi connectivity index (χ1n) is 8.39. The van der Waals surface area contributed by atoms with Crippen LogP contribution in [-0.2, 0) is 17.8 Å². The van der Waals surface area contributed by atoms with Crippen LogP contribution in [0.4, 0.5) is 0 Å². The van der Waals surface area contributed by atoms with Gasteiger partial charge in [-0.25, -0.2) is 5.48 Å². The molecule has 5 nitrogen and oxygen atoms in total. The van der Waals surface area contributed by atoms with E-state index in [1.54, 1.807) is 23.7 Å². The average Bonchev–Trinajstić information content (AvgIpc) is 2.66. The third kappa shape index (κ3) is 6.06. The number of benzene rings is 2. The molecular weight excluding hydrogens is 410 g/mol. The number of nitrogens with one attached hydrogen (secondary N) is 1. The average molecular weight is 432 g/mol. The van der Waals surface area contributed by atoms with Crippen molar-refractivity contribution >= 4 is 27.9 Å². The molecule has 3 N–H and O–H groups in total. The van der Waals surface area contributed by atoms with Crippen molar-refractivity contribution in [2.24, 2.45) is 0 Å². The molecule has 6 heteroatoms. The summed E-state index contributed by atoms with van der Waals surface area (Å²) in [5.41, 5.74) is 4.97. The molecule has 0 aliphatic carbocycles. The maximum Gasteiger partial charge on any atom is 0.267 e. The molecule has 27 heavy (non-hydrogen) atoms. The molecule has 0 heterocycles. The van der Waals surface area contributed by atoms with Crippen LogP contribution in [0.2, 0.25) is 0 Å². The molecule has 142 valence electrons. The molecule has 2 aromatic rings. The second kappa shape index (κ2) is 10.1. The number of hydroxylamine groups is 1. The van der Waals surface area contributed by atoms with Crippen molar-refractivity contribution in [3.05, 3.63) is 75.3 Å². The second-order valence-electron chi connectivity index (χ2n) is 6.13. The molecule has 0 radical (unpaired) electrons. The number of carbonyl (C=O) groups excluding carboxylic acids is 1. The van der Waals surface area contributed by atoms with Crippen molar-refractivity contribution < 1.29 is 19.8 Å². The van der Waals surface area contributed by atoms with E-state index in [1.165, 1.54) is 6.08 Å². The Morgan fingerprint density at radius 2 is 1.89 bits per heavy atom. The molecule has 0 aliphatic rings. The number of aliphatic hydroxyl groups excluding tert-OH is 1. The molecule has 0 saturated heterocycles. The minimum absolute atomic E-state index is 0.121. The Bertz CT molecular complexity index is 853. The quantitative estimate of drug-likeness (QED) is 0.255. The van der Waals surface area contributed by atoms with Gasteiger partial charge in [0.2, 0.25) is 0 Å². The number of allylic oxidation sites excluding steroid dienone is 2. The molecule has 2 rings (SSSR count). The maximum atomic E-state index is 11.4. The van der Waals surface area contributed by atoms with Gasteiger partial charge in [-0.1, -0.05) is 39.7 Å². The van der Waals surface area contributed by atoms with Crippen molar-refractivity contribution in [1.82, 2.24) is 5.48 Å². The SMILES string of the molecule is CC(C)=CCc1c(CO)ccc(/C=C/C(=O)NO)c1Oc1ccc(Br)cc1. The smallest absolute Gasteiger partial charge is 0.267 e. The Kier molecular flexibility index (Phi) is 7.79. The molecule has 0 aromatic heterocycles. The maximum absolute atomic E-state index is 11.4. The Hall–Kier alpha value is -2.41. The molecule has 0 unspecified atom stereocenters.